The first-order valence-electron chi connectivity index (χ1n) is 31.2. The van der Waals surface area contributed by atoms with E-state index in [0.717, 1.165) is 64.2 Å². The Hall–Kier alpha value is -1.85. The van der Waals surface area contributed by atoms with E-state index in [1.165, 1.54) is 250 Å². The average molecular weight is 974 g/mol. The minimum atomic E-state index is -0.767. The fourth-order valence-electron chi connectivity index (χ4n) is 9.56. The summed E-state index contributed by atoms with van der Waals surface area (Å²) >= 11 is 0. The third kappa shape index (κ3) is 56.9. The largest absolute Gasteiger partial charge is 0.462 e. The smallest absolute Gasteiger partial charge is 0.306 e. The van der Waals surface area contributed by atoms with Crippen molar-refractivity contribution in [3.8, 4) is 0 Å². The average Bonchev–Trinajstić information content (AvgIpc) is 3.35. The molecule has 0 aromatic heterocycles. The molecule has 408 valence electrons. The molecule has 0 aliphatic rings. The van der Waals surface area contributed by atoms with Crippen molar-refractivity contribution >= 4 is 17.9 Å². The molecule has 0 amide bonds. The molecular formula is C63H120O6. The Balaban J connectivity index is 3.99. The molecule has 6 heteroatoms. The number of unbranched alkanes of at least 4 members (excludes halogenated alkanes) is 45. The Morgan fingerprint density at radius 1 is 0.275 bits per heavy atom. The maximum absolute atomic E-state index is 12.8. The Kier molecular flexibility index (Phi) is 57.1. The van der Waals surface area contributed by atoms with E-state index in [1.54, 1.807) is 0 Å². The third-order valence-electron chi connectivity index (χ3n) is 14.3. The van der Waals surface area contributed by atoms with Crippen LogP contribution in [0.4, 0.5) is 0 Å². The molecule has 0 aliphatic heterocycles. The fraction of sp³-hybridized carbons (Fsp3) is 0.921. The lowest BCUT2D eigenvalue weighted by molar-refractivity contribution is -0.167. The molecule has 0 saturated carbocycles. The highest BCUT2D eigenvalue weighted by Crippen LogP contribution is 2.18. The number of hydrogen-bond donors (Lipinski definition) is 0. The van der Waals surface area contributed by atoms with Gasteiger partial charge in [0.05, 0.1) is 0 Å². The predicted molar refractivity (Wildman–Crippen MR) is 298 cm³/mol. The van der Waals surface area contributed by atoms with Crippen LogP contribution < -0.4 is 0 Å². The van der Waals surface area contributed by atoms with Gasteiger partial charge < -0.3 is 14.2 Å². The summed E-state index contributed by atoms with van der Waals surface area (Å²) in [4.78, 5) is 37.9. The van der Waals surface area contributed by atoms with Gasteiger partial charge in [0, 0.05) is 19.3 Å². The topological polar surface area (TPSA) is 78.9 Å². The number of rotatable bonds is 58. The molecule has 0 rings (SSSR count). The van der Waals surface area contributed by atoms with Gasteiger partial charge >= 0.3 is 17.9 Å². The molecule has 0 aromatic rings. The highest BCUT2D eigenvalue weighted by molar-refractivity contribution is 5.71. The summed E-state index contributed by atoms with van der Waals surface area (Å²) in [5, 5.41) is 0. The molecule has 6 nitrogen and oxygen atoms in total. The van der Waals surface area contributed by atoms with Gasteiger partial charge in [-0.05, 0) is 44.9 Å². The molecule has 0 aromatic carbocycles. The third-order valence-corrected chi connectivity index (χ3v) is 14.3. The summed E-state index contributed by atoms with van der Waals surface area (Å²) in [6.45, 7) is 6.64. The highest BCUT2D eigenvalue weighted by Gasteiger charge is 2.19. The first-order chi connectivity index (χ1) is 34.0. The Bertz CT molecular complexity index is 1070. The lowest BCUT2D eigenvalue weighted by Crippen LogP contribution is -2.30. The van der Waals surface area contributed by atoms with E-state index in [4.69, 9.17) is 14.2 Å². The zero-order chi connectivity index (χ0) is 50.0. The van der Waals surface area contributed by atoms with Gasteiger partial charge in [-0.25, -0.2) is 0 Å². The number of esters is 3. The van der Waals surface area contributed by atoms with E-state index in [0.29, 0.717) is 19.3 Å². The van der Waals surface area contributed by atoms with Crippen molar-refractivity contribution < 1.29 is 28.6 Å². The number of hydrogen-bond acceptors (Lipinski definition) is 6. The second kappa shape index (κ2) is 58.7. The Morgan fingerprint density at radius 2 is 0.478 bits per heavy atom. The van der Waals surface area contributed by atoms with Crippen molar-refractivity contribution in [1.82, 2.24) is 0 Å². The van der Waals surface area contributed by atoms with Crippen molar-refractivity contribution in [3.63, 3.8) is 0 Å². The normalized spacial score (nSPS) is 12.0. The van der Waals surface area contributed by atoms with Gasteiger partial charge in [0.15, 0.2) is 6.10 Å². The van der Waals surface area contributed by atoms with Gasteiger partial charge in [0.25, 0.3) is 0 Å². The quantitative estimate of drug-likeness (QED) is 0.0261. The van der Waals surface area contributed by atoms with Crippen molar-refractivity contribution in [2.24, 2.45) is 0 Å². The molecule has 0 radical (unpaired) electrons. The molecule has 0 bridgehead atoms. The lowest BCUT2D eigenvalue weighted by Gasteiger charge is -2.18. The van der Waals surface area contributed by atoms with E-state index in [1.807, 2.05) is 0 Å². The summed E-state index contributed by atoms with van der Waals surface area (Å²) in [6.07, 6.45) is 68.3. The van der Waals surface area contributed by atoms with E-state index < -0.39 is 6.10 Å². The standard InChI is InChI=1S/C63H120O6/c1-4-7-10-13-16-18-20-22-24-25-26-27-28-29-30-31-32-33-34-35-36-37-39-40-42-44-47-50-53-56-62(65)68-59-60(58-67-61(64)55-52-49-46-15-12-9-6-3)69-63(66)57-54-51-48-45-43-41-38-23-21-19-17-14-11-8-5-2/h23,38,60H,4-22,24-37,39-59H2,1-3H3/b38-23-. The summed E-state index contributed by atoms with van der Waals surface area (Å²) in [5.41, 5.74) is 0. The molecule has 0 fully saturated rings. The van der Waals surface area contributed by atoms with Crippen LogP contribution in [0.25, 0.3) is 0 Å². The SMILES string of the molecule is CCCCCCCC/C=C\CCCCCCCC(=O)OC(COC(=O)CCCCCCCCC)COC(=O)CCCCCCCCCCCCCCCCCCCCCCCCCCCCCCC. The van der Waals surface area contributed by atoms with Crippen LogP contribution in [0.3, 0.4) is 0 Å². The Morgan fingerprint density at radius 3 is 0.725 bits per heavy atom. The van der Waals surface area contributed by atoms with Crippen LogP contribution >= 0.6 is 0 Å². The highest BCUT2D eigenvalue weighted by atomic mass is 16.6. The number of carbonyl (C=O) groups excluding carboxylic acids is 3. The first-order valence-corrected chi connectivity index (χ1v) is 31.2. The second-order valence-electron chi connectivity index (χ2n) is 21.3. The van der Waals surface area contributed by atoms with Crippen LogP contribution in [0, 0.1) is 0 Å². The monoisotopic (exact) mass is 973 g/mol. The molecular weight excluding hydrogens is 853 g/mol. The van der Waals surface area contributed by atoms with Gasteiger partial charge in [-0.1, -0.05) is 303 Å². The van der Waals surface area contributed by atoms with Crippen LogP contribution in [0.1, 0.15) is 355 Å². The van der Waals surface area contributed by atoms with Gasteiger partial charge in [0.1, 0.15) is 13.2 Å². The van der Waals surface area contributed by atoms with Crippen LogP contribution in [-0.4, -0.2) is 37.2 Å². The zero-order valence-electron chi connectivity index (χ0n) is 46.9. The molecule has 0 spiro atoms. The van der Waals surface area contributed by atoms with Gasteiger partial charge in [-0.15, -0.1) is 0 Å². The van der Waals surface area contributed by atoms with Crippen molar-refractivity contribution in [1.29, 1.82) is 0 Å². The summed E-state index contributed by atoms with van der Waals surface area (Å²) < 4.78 is 16.8. The van der Waals surface area contributed by atoms with Gasteiger partial charge in [-0.3, -0.25) is 14.4 Å². The maximum atomic E-state index is 12.8. The second-order valence-corrected chi connectivity index (χ2v) is 21.3. The molecule has 69 heavy (non-hydrogen) atoms. The molecule has 1 atom stereocenters. The number of ether oxygens (including phenoxy) is 3. The van der Waals surface area contributed by atoms with E-state index in [2.05, 4.69) is 32.9 Å². The van der Waals surface area contributed by atoms with Gasteiger partial charge in [0.2, 0.25) is 0 Å². The summed E-state index contributed by atoms with van der Waals surface area (Å²) in [6, 6.07) is 0. The minimum Gasteiger partial charge on any atom is -0.462 e. The molecule has 0 aliphatic carbocycles. The molecule has 0 heterocycles. The van der Waals surface area contributed by atoms with Crippen LogP contribution in [0.2, 0.25) is 0 Å². The van der Waals surface area contributed by atoms with Gasteiger partial charge in [-0.2, -0.15) is 0 Å². The minimum absolute atomic E-state index is 0.0682. The van der Waals surface area contributed by atoms with Crippen LogP contribution in [0.15, 0.2) is 12.2 Å². The van der Waals surface area contributed by atoms with Crippen LogP contribution in [-0.2, 0) is 28.6 Å². The first kappa shape index (κ1) is 67.1. The van der Waals surface area contributed by atoms with Crippen molar-refractivity contribution in [2.45, 2.75) is 361 Å². The predicted octanol–water partition coefficient (Wildman–Crippen LogP) is 20.9. The van der Waals surface area contributed by atoms with Crippen LogP contribution in [0.5, 0.6) is 0 Å². The number of carbonyl (C=O) groups is 3. The zero-order valence-corrected chi connectivity index (χ0v) is 46.9. The van der Waals surface area contributed by atoms with Crippen molar-refractivity contribution in [3.05, 3.63) is 12.2 Å². The maximum Gasteiger partial charge on any atom is 0.306 e. The lowest BCUT2D eigenvalue weighted by atomic mass is 10.0. The summed E-state index contributed by atoms with van der Waals surface area (Å²) in [7, 11) is 0. The summed E-state index contributed by atoms with van der Waals surface area (Å²) in [5.74, 6) is -0.861. The number of allylic oxidation sites excluding steroid dienone is 2. The van der Waals surface area contributed by atoms with Crippen molar-refractivity contribution in [2.75, 3.05) is 13.2 Å². The van der Waals surface area contributed by atoms with E-state index >= 15 is 0 Å². The fourth-order valence-corrected chi connectivity index (χ4v) is 9.56. The van der Waals surface area contributed by atoms with E-state index in [-0.39, 0.29) is 31.1 Å². The Labute approximate surface area is 431 Å². The van der Waals surface area contributed by atoms with E-state index in [9.17, 15) is 14.4 Å². The molecule has 0 saturated heterocycles. The molecule has 0 N–H and O–H groups in total. The molecule has 1 unspecified atom stereocenters.